The Morgan fingerprint density at radius 3 is 1.10 bits per heavy atom. The molecule has 2 N–H and O–H groups in total. The fourth-order valence-corrected chi connectivity index (χ4v) is 14.1. The van der Waals surface area contributed by atoms with E-state index in [2.05, 4.69) is 20.6 Å². The van der Waals surface area contributed by atoms with Gasteiger partial charge in [-0.25, -0.2) is 4.98 Å². The monoisotopic (exact) mass is 790 g/mol. The van der Waals surface area contributed by atoms with Crippen LogP contribution in [0.5, 0.6) is 5.88 Å². The standard InChI is InChI=1S/C15H28N2O7P2.C14H26N2O6P2/c1-6-21-25(18,22-7-2)15(26(19,23-8-3)24-9-4)17-13-10-11-14(20-5)16-12-13;1-5-19-23(17,20-6-2)14(16-13-9-11-15-12-10-13)24(18,21-7-3)22-8-4/h10-12,15,17H,6-9H2,1-5H3;9-12,14H,5-8H2,1-4H3,(H,15,16). The SMILES string of the molecule is CCOP(=O)(OCC)C(Nc1ccc(OC)nc1)P(=O)(OCC)OCC.CCOP(=O)(OCC)C(Nc1ccncc1)P(=O)(OCC)OCC. The van der Waals surface area contributed by atoms with Gasteiger partial charge < -0.3 is 51.6 Å². The molecule has 0 aromatic carbocycles. The predicted molar refractivity (Wildman–Crippen MR) is 193 cm³/mol. The van der Waals surface area contributed by atoms with Gasteiger partial charge in [0.25, 0.3) is 0 Å². The first-order valence-corrected chi connectivity index (χ1v) is 22.8. The average Bonchev–Trinajstić information content (AvgIpc) is 3.08. The summed E-state index contributed by atoms with van der Waals surface area (Å²) in [7, 11) is -13.9. The molecule has 0 aliphatic heterocycles. The van der Waals surface area contributed by atoms with Crippen molar-refractivity contribution in [2.24, 2.45) is 0 Å². The first-order chi connectivity index (χ1) is 23.8. The lowest BCUT2D eigenvalue weighted by molar-refractivity contribution is 0.196. The van der Waals surface area contributed by atoms with Crippen molar-refractivity contribution in [3.05, 3.63) is 42.9 Å². The number of methoxy groups -OCH3 is 1. The van der Waals surface area contributed by atoms with Crippen molar-refractivity contribution >= 4 is 41.8 Å². The highest BCUT2D eigenvalue weighted by Crippen LogP contribution is 2.71. The second kappa shape index (κ2) is 23.8. The summed E-state index contributed by atoms with van der Waals surface area (Å²) in [5, 5.41) is 5.84. The van der Waals surface area contributed by atoms with Gasteiger partial charge in [-0.2, -0.15) is 0 Å². The van der Waals surface area contributed by atoms with E-state index in [-0.39, 0.29) is 52.9 Å². The highest BCUT2D eigenvalue weighted by Gasteiger charge is 2.52. The first kappa shape index (κ1) is 46.3. The number of nitrogens with zero attached hydrogens (tertiary/aromatic N) is 2. The predicted octanol–water partition coefficient (Wildman–Crippen LogP) is 8.63. The maximum absolute atomic E-state index is 13.4. The van der Waals surface area contributed by atoms with Gasteiger partial charge in [0.1, 0.15) is 0 Å². The number of ether oxygens (including phenoxy) is 1. The van der Waals surface area contributed by atoms with Gasteiger partial charge in [0, 0.05) is 24.1 Å². The van der Waals surface area contributed by atoms with Crippen LogP contribution in [0.4, 0.5) is 11.4 Å². The molecule has 21 heteroatoms. The molecule has 0 atom stereocenters. The minimum Gasteiger partial charge on any atom is -0.481 e. The smallest absolute Gasteiger partial charge is 0.365 e. The fraction of sp³-hybridized carbons (Fsp3) is 0.655. The fourth-order valence-electron chi connectivity index (χ4n) is 4.15. The van der Waals surface area contributed by atoms with Crippen molar-refractivity contribution < 1.29 is 59.2 Å². The Morgan fingerprint density at radius 1 is 0.520 bits per heavy atom. The van der Waals surface area contributed by atoms with Crippen LogP contribution in [-0.2, 0) is 54.5 Å². The van der Waals surface area contributed by atoms with Crippen LogP contribution < -0.4 is 15.4 Å². The van der Waals surface area contributed by atoms with Crippen LogP contribution >= 0.6 is 30.4 Å². The van der Waals surface area contributed by atoms with Crippen LogP contribution in [0.1, 0.15) is 55.4 Å². The van der Waals surface area contributed by atoms with E-state index in [9.17, 15) is 18.3 Å². The second-order valence-corrected chi connectivity index (χ2v) is 18.6. The summed E-state index contributed by atoms with van der Waals surface area (Å²) in [6.07, 6.45) is 4.56. The van der Waals surface area contributed by atoms with Crippen molar-refractivity contribution in [2.45, 2.75) is 66.4 Å². The maximum Gasteiger partial charge on any atom is 0.365 e. The summed E-state index contributed by atoms with van der Waals surface area (Å²) in [4.78, 5) is 7.99. The summed E-state index contributed by atoms with van der Waals surface area (Å²) in [6.45, 7) is 14.3. The van der Waals surface area contributed by atoms with Gasteiger partial charge in [-0.3, -0.25) is 23.2 Å². The topological polar surface area (TPSA) is 201 Å². The van der Waals surface area contributed by atoms with Gasteiger partial charge in [0.15, 0.2) is 0 Å². The van der Waals surface area contributed by atoms with Gasteiger partial charge in [-0.1, -0.05) is 0 Å². The Labute approximate surface area is 296 Å². The van der Waals surface area contributed by atoms with E-state index in [1.54, 1.807) is 92.0 Å². The van der Waals surface area contributed by atoms with Crippen LogP contribution in [0.2, 0.25) is 0 Å². The third-order valence-corrected chi connectivity index (χ3v) is 17.1. The Balaban J connectivity index is 0.000000502. The molecule has 0 saturated carbocycles. The number of hydrogen-bond donors (Lipinski definition) is 2. The second-order valence-electron chi connectivity index (χ2n) is 9.36. The van der Waals surface area contributed by atoms with Gasteiger partial charge in [0.2, 0.25) is 16.9 Å². The molecule has 50 heavy (non-hydrogen) atoms. The Hall–Kier alpha value is -1.70. The summed E-state index contributed by atoms with van der Waals surface area (Å²) >= 11 is 0. The van der Waals surface area contributed by atoms with Crippen LogP contribution in [0.3, 0.4) is 0 Å². The quantitative estimate of drug-likeness (QED) is 0.0904. The van der Waals surface area contributed by atoms with E-state index in [1.165, 1.54) is 13.3 Å². The molecule has 0 bridgehead atoms. The lowest BCUT2D eigenvalue weighted by Gasteiger charge is -2.32. The molecule has 0 fully saturated rings. The van der Waals surface area contributed by atoms with Crippen LogP contribution in [-0.4, -0.2) is 81.0 Å². The van der Waals surface area contributed by atoms with E-state index in [4.69, 9.17) is 40.9 Å². The summed E-state index contributed by atoms with van der Waals surface area (Å²) in [6, 6.07) is 6.55. The first-order valence-electron chi connectivity index (χ1n) is 16.3. The zero-order valence-electron chi connectivity index (χ0n) is 30.3. The highest BCUT2D eigenvalue weighted by atomic mass is 31.2. The third kappa shape index (κ3) is 14.0. The van der Waals surface area contributed by atoms with Gasteiger partial charge >= 0.3 is 30.4 Å². The van der Waals surface area contributed by atoms with Crippen LogP contribution in [0.15, 0.2) is 42.9 Å². The molecule has 2 heterocycles. The number of pyridine rings is 2. The summed E-state index contributed by atoms with van der Waals surface area (Å²) in [5.74, 6) is 0.405. The summed E-state index contributed by atoms with van der Waals surface area (Å²) in [5.41, 5.74) is -1.64. The summed E-state index contributed by atoms with van der Waals surface area (Å²) < 4.78 is 101. The Kier molecular flexibility index (Phi) is 22.0. The molecule has 2 aromatic heterocycles. The molecule has 0 amide bonds. The normalized spacial score (nSPS) is 12.5. The molecule has 288 valence electrons. The number of hydrogen-bond acceptors (Lipinski definition) is 17. The lowest BCUT2D eigenvalue weighted by Crippen LogP contribution is -2.25. The zero-order valence-corrected chi connectivity index (χ0v) is 33.9. The molecular weight excluding hydrogens is 736 g/mol. The van der Waals surface area contributed by atoms with Crippen molar-refractivity contribution in [1.82, 2.24) is 9.97 Å². The molecular formula is C29H54N4O13P4. The third-order valence-electron chi connectivity index (χ3n) is 5.89. The van der Waals surface area contributed by atoms with Crippen LogP contribution in [0.25, 0.3) is 0 Å². The van der Waals surface area contributed by atoms with E-state index >= 15 is 0 Å². The molecule has 0 saturated heterocycles. The van der Waals surface area contributed by atoms with Crippen molar-refractivity contribution in [3.8, 4) is 5.88 Å². The Morgan fingerprint density at radius 2 is 0.840 bits per heavy atom. The minimum atomic E-state index is -3.88. The molecule has 0 unspecified atom stereocenters. The number of nitrogens with one attached hydrogen (secondary N) is 2. The van der Waals surface area contributed by atoms with E-state index in [1.807, 2.05) is 0 Å². The molecule has 0 spiro atoms. The molecule has 2 rings (SSSR count). The average molecular weight is 791 g/mol. The zero-order chi connectivity index (χ0) is 37.7. The minimum absolute atomic E-state index is 0.106. The van der Waals surface area contributed by atoms with Crippen molar-refractivity contribution in [3.63, 3.8) is 0 Å². The lowest BCUT2D eigenvalue weighted by atomic mass is 10.4. The highest BCUT2D eigenvalue weighted by molar-refractivity contribution is 7.73. The van der Waals surface area contributed by atoms with Gasteiger partial charge in [-0.15, -0.1) is 0 Å². The molecule has 0 aliphatic rings. The largest absolute Gasteiger partial charge is 0.481 e. The van der Waals surface area contributed by atoms with Crippen molar-refractivity contribution in [2.75, 3.05) is 70.6 Å². The Bertz CT molecular complexity index is 1310. The maximum atomic E-state index is 13.4. The molecule has 2 aromatic rings. The van der Waals surface area contributed by atoms with Crippen molar-refractivity contribution in [1.29, 1.82) is 0 Å². The number of rotatable bonds is 25. The van der Waals surface area contributed by atoms with E-state index in [0.717, 1.165) is 0 Å². The molecule has 0 aliphatic carbocycles. The number of aromatic nitrogens is 2. The van der Waals surface area contributed by atoms with Gasteiger partial charge in [-0.05, 0) is 73.6 Å². The molecule has 17 nitrogen and oxygen atoms in total. The van der Waals surface area contributed by atoms with E-state index < -0.39 is 41.4 Å². The number of anilines is 2. The molecule has 0 radical (unpaired) electrons. The van der Waals surface area contributed by atoms with Gasteiger partial charge in [0.05, 0.1) is 71.8 Å². The van der Waals surface area contributed by atoms with E-state index in [0.29, 0.717) is 17.3 Å². The van der Waals surface area contributed by atoms with Crippen LogP contribution in [0, 0.1) is 0 Å².